The molecule has 1 aliphatic rings. The van der Waals surface area contributed by atoms with Crippen molar-refractivity contribution < 1.29 is 14.3 Å². The van der Waals surface area contributed by atoms with Crippen LogP contribution in [-0.2, 0) is 0 Å². The summed E-state index contributed by atoms with van der Waals surface area (Å²) in [5.41, 5.74) is 1.58. The zero-order valence-corrected chi connectivity index (χ0v) is 12.6. The summed E-state index contributed by atoms with van der Waals surface area (Å²) in [5, 5.41) is 9.21. The summed E-state index contributed by atoms with van der Waals surface area (Å²) in [6.07, 6.45) is 4.80. The molecule has 0 saturated carbocycles. The van der Waals surface area contributed by atoms with Crippen molar-refractivity contribution in [2.75, 3.05) is 13.2 Å². The summed E-state index contributed by atoms with van der Waals surface area (Å²) in [6, 6.07) is 2.95. The molecule has 0 aliphatic carbocycles. The Labute approximate surface area is 128 Å². The van der Waals surface area contributed by atoms with Crippen LogP contribution in [0, 0.1) is 12.7 Å². The first-order valence-corrected chi connectivity index (χ1v) is 7.68. The normalized spacial score (nSPS) is 18.9. The maximum Gasteiger partial charge on any atom is 0.273 e. The number of aliphatic hydroxyl groups is 1. The molecule has 1 saturated heterocycles. The standard InChI is InChI=1S/C16H20FN3O2/c1-11-15(20-10-12(17)5-6-14(20)18-11)16(22)19-8-3-2-4-13(19)7-9-21/h5-6,10,13,21H,2-4,7-9H2,1H3. The van der Waals surface area contributed by atoms with Crippen LogP contribution >= 0.6 is 0 Å². The van der Waals surface area contributed by atoms with Gasteiger partial charge in [0.25, 0.3) is 5.91 Å². The Morgan fingerprint density at radius 1 is 1.45 bits per heavy atom. The number of fused-ring (bicyclic) bond motifs is 1. The predicted octanol–water partition coefficient (Wildman–Crippen LogP) is 2.16. The van der Waals surface area contributed by atoms with E-state index in [0.717, 1.165) is 19.3 Å². The summed E-state index contributed by atoms with van der Waals surface area (Å²) in [4.78, 5) is 19.1. The van der Waals surface area contributed by atoms with Crippen LogP contribution in [0.4, 0.5) is 4.39 Å². The van der Waals surface area contributed by atoms with Gasteiger partial charge in [-0.2, -0.15) is 0 Å². The monoisotopic (exact) mass is 305 g/mol. The smallest absolute Gasteiger partial charge is 0.273 e. The minimum absolute atomic E-state index is 0.0461. The van der Waals surface area contributed by atoms with Crippen molar-refractivity contribution >= 4 is 11.6 Å². The van der Waals surface area contributed by atoms with Crippen LogP contribution in [0.1, 0.15) is 41.9 Å². The average molecular weight is 305 g/mol. The lowest BCUT2D eigenvalue weighted by atomic mass is 9.99. The fraction of sp³-hybridized carbons (Fsp3) is 0.500. The van der Waals surface area contributed by atoms with Crippen molar-refractivity contribution in [3.05, 3.63) is 35.5 Å². The number of amides is 1. The SMILES string of the molecule is Cc1nc2ccc(F)cn2c1C(=O)N1CCCCC1CCO. The van der Waals surface area contributed by atoms with Crippen LogP contribution in [0.5, 0.6) is 0 Å². The molecule has 0 spiro atoms. The van der Waals surface area contributed by atoms with E-state index in [1.165, 1.54) is 16.7 Å². The van der Waals surface area contributed by atoms with Gasteiger partial charge in [-0.15, -0.1) is 0 Å². The van der Waals surface area contributed by atoms with E-state index >= 15 is 0 Å². The number of hydrogen-bond donors (Lipinski definition) is 1. The number of likely N-dealkylation sites (tertiary alicyclic amines) is 1. The van der Waals surface area contributed by atoms with E-state index in [1.807, 2.05) is 0 Å². The van der Waals surface area contributed by atoms with Crippen LogP contribution in [0.3, 0.4) is 0 Å². The lowest BCUT2D eigenvalue weighted by molar-refractivity contribution is 0.0566. The second-order valence-electron chi connectivity index (χ2n) is 5.78. The average Bonchev–Trinajstić information content (AvgIpc) is 2.82. The maximum atomic E-state index is 13.5. The van der Waals surface area contributed by atoms with Gasteiger partial charge in [-0.05, 0) is 44.7 Å². The van der Waals surface area contributed by atoms with Gasteiger partial charge in [0.2, 0.25) is 0 Å². The van der Waals surface area contributed by atoms with Crippen molar-refractivity contribution in [1.29, 1.82) is 0 Å². The molecule has 1 amide bonds. The second-order valence-corrected chi connectivity index (χ2v) is 5.78. The van der Waals surface area contributed by atoms with Crippen molar-refractivity contribution in [3.63, 3.8) is 0 Å². The number of hydrogen-bond acceptors (Lipinski definition) is 3. The van der Waals surface area contributed by atoms with Crippen LogP contribution in [0.2, 0.25) is 0 Å². The Morgan fingerprint density at radius 3 is 3.05 bits per heavy atom. The molecule has 1 unspecified atom stereocenters. The highest BCUT2D eigenvalue weighted by Gasteiger charge is 2.30. The minimum atomic E-state index is -0.399. The van der Waals surface area contributed by atoms with Gasteiger partial charge in [-0.25, -0.2) is 9.37 Å². The molecule has 1 N–H and O–H groups in total. The molecular formula is C16H20FN3O2. The number of piperidine rings is 1. The fourth-order valence-corrected chi connectivity index (χ4v) is 3.25. The highest BCUT2D eigenvalue weighted by molar-refractivity contribution is 5.95. The Hall–Kier alpha value is -1.95. The predicted molar refractivity (Wildman–Crippen MR) is 80.3 cm³/mol. The summed E-state index contributed by atoms with van der Waals surface area (Å²) in [5.74, 6) is -0.529. The second kappa shape index (κ2) is 6.04. The molecule has 118 valence electrons. The Morgan fingerprint density at radius 2 is 2.27 bits per heavy atom. The molecule has 0 aromatic carbocycles. The van der Waals surface area contributed by atoms with Gasteiger partial charge in [-0.3, -0.25) is 9.20 Å². The van der Waals surface area contributed by atoms with Gasteiger partial charge in [-0.1, -0.05) is 0 Å². The number of carbonyl (C=O) groups is 1. The van der Waals surface area contributed by atoms with Crippen molar-refractivity contribution in [2.24, 2.45) is 0 Å². The number of nitrogens with zero attached hydrogens (tertiary/aromatic N) is 3. The van der Waals surface area contributed by atoms with E-state index in [4.69, 9.17) is 0 Å². The third kappa shape index (κ3) is 2.59. The third-order valence-corrected chi connectivity index (χ3v) is 4.31. The number of imidazole rings is 1. The van der Waals surface area contributed by atoms with Crippen LogP contribution in [-0.4, -0.2) is 44.5 Å². The molecule has 0 radical (unpaired) electrons. The van der Waals surface area contributed by atoms with Gasteiger partial charge in [0, 0.05) is 25.4 Å². The Balaban J connectivity index is 2.00. The van der Waals surface area contributed by atoms with E-state index in [0.29, 0.717) is 30.0 Å². The summed E-state index contributed by atoms with van der Waals surface area (Å²) in [7, 11) is 0. The minimum Gasteiger partial charge on any atom is -0.396 e. The summed E-state index contributed by atoms with van der Waals surface area (Å²) < 4.78 is 15.0. The molecule has 22 heavy (non-hydrogen) atoms. The summed E-state index contributed by atoms with van der Waals surface area (Å²) >= 11 is 0. The lowest BCUT2D eigenvalue weighted by Gasteiger charge is -2.35. The largest absolute Gasteiger partial charge is 0.396 e. The first-order valence-electron chi connectivity index (χ1n) is 7.68. The molecule has 3 heterocycles. The number of halogens is 1. The highest BCUT2D eigenvalue weighted by Crippen LogP contribution is 2.23. The molecular weight excluding hydrogens is 285 g/mol. The van der Waals surface area contributed by atoms with Gasteiger partial charge in [0.05, 0.1) is 5.69 Å². The molecule has 3 rings (SSSR count). The maximum absolute atomic E-state index is 13.5. The van der Waals surface area contributed by atoms with Crippen LogP contribution in [0.15, 0.2) is 18.3 Å². The lowest BCUT2D eigenvalue weighted by Crippen LogP contribution is -2.44. The van der Waals surface area contributed by atoms with Gasteiger partial charge < -0.3 is 10.0 Å². The number of aromatic nitrogens is 2. The van der Waals surface area contributed by atoms with E-state index in [2.05, 4.69) is 4.98 Å². The number of rotatable bonds is 3. The van der Waals surface area contributed by atoms with Crippen LogP contribution < -0.4 is 0 Å². The molecule has 0 bridgehead atoms. The zero-order valence-electron chi connectivity index (χ0n) is 12.6. The van der Waals surface area contributed by atoms with Crippen molar-refractivity contribution in [2.45, 2.75) is 38.6 Å². The number of aryl methyl sites for hydroxylation is 1. The molecule has 1 aliphatic heterocycles. The highest BCUT2D eigenvalue weighted by atomic mass is 19.1. The molecule has 2 aromatic rings. The first kappa shape index (κ1) is 15.0. The van der Waals surface area contributed by atoms with Crippen molar-refractivity contribution in [1.82, 2.24) is 14.3 Å². The van der Waals surface area contributed by atoms with Gasteiger partial charge in [0.15, 0.2) is 0 Å². The molecule has 2 aromatic heterocycles. The number of carbonyl (C=O) groups excluding carboxylic acids is 1. The van der Waals surface area contributed by atoms with Gasteiger partial charge >= 0.3 is 0 Å². The molecule has 6 heteroatoms. The fourth-order valence-electron chi connectivity index (χ4n) is 3.25. The quantitative estimate of drug-likeness (QED) is 0.945. The zero-order chi connectivity index (χ0) is 15.7. The van der Waals surface area contributed by atoms with Gasteiger partial charge in [0.1, 0.15) is 17.2 Å². The molecule has 1 fully saturated rings. The molecule has 5 nitrogen and oxygen atoms in total. The topological polar surface area (TPSA) is 57.8 Å². The third-order valence-electron chi connectivity index (χ3n) is 4.31. The first-order chi connectivity index (χ1) is 10.6. The number of pyridine rings is 1. The van der Waals surface area contributed by atoms with E-state index in [-0.39, 0.29) is 18.6 Å². The van der Waals surface area contributed by atoms with Crippen molar-refractivity contribution in [3.8, 4) is 0 Å². The Bertz CT molecular complexity index is 696. The molecule has 1 atom stereocenters. The van der Waals surface area contributed by atoms with E-state index in [9.17, 15) is 14.3 Å². The number of aliphatic hydroxyl groups excluding tert-OH is 1. The van der Waals surface area contributed by atoms with E-state index < -0.39 is 5.82 Å². The Kier molecular flexibility index (Phi) is 4.11. The van der Waals surface area contributed by atoms with Crippen LogP contribution in [0.25, 0.3) is 5.65 Å². The van der Waals surface area contributed by atoms with E-state index in [1.54, 1.807) is 17.9 Å². The summed E-state index contributed by atoms with van der Waals surface area (Å²) in [6.45, 7) is 2.50.